The largest absolute Gasteiger partial charge is 0.497 e. The minimum atomic E-state index is -3.75. The maximum absolute atomic E-state index is 12.8. The number of rotatable bonds is 9. The van der Waals surface area contributed by atoms with Crippen molar-refractivity contribution in [3.63, 3.8) is 0 Å². The van der Waals surface area contributed by atoms with Crippen LogP contribution in [0.15, 0.2) is 94.4 Å². The molecule has 0 saturated heterocycles. The van der Waals surface area contributed by atoms with Gasteiger partial charge in [-0.2, -0.15) is 0 Å². The quantitative estimate of drug-likeness (QED) is 0.351. The summed E-state index contributed by atoms with van der Waals surface area (Å²) in [5.74, 6) is 1.52. The van der Waals surface area contributed by atoms with Crippen LogP contribution < -0.4 is 19.5 Å². The van der Waals surface area contributed by atoms with Crippen LogP contribution in [0.4, 0.5) is 5.69 Å². The molecule has 0 fully saturated rings. The van der Waals surface area contributed by atoms with Crippen molar-refractivity contribution in [1.29, 1.82) is 0 Å². The Labute approximate surface area is 203 Å². The molecule has 0 spiro atoms. The third-order valence-electron chi connectivity index (χ3n) is 5.30. The summed E-state index contributed by atoms with van der Waals surface area (Å²) < 4.78 is 43.3. The predicted molar refractivity (Wildman–Crippen MR) is 132 cm³/mol. The monoisotopic (exact) mass is 492 g/mol. The molecule has 180 valence electrons. The van der Waals surface area contributed by atoms with Crippen molar-refractivity contribution in [3.8, 4) is 22.6 Å². The molecule has 1 heterocycles. The van der Waals surface area contributed by atoms with Gasteiger partial charge in [0.25, 0.3) is 5.91 Å². The van der Waals surface area contributed by atoms with Crippen LogP contribution in [-0.2, 0) is 16.6 Å². The minimum Gasteiger partial charge on any atom is -0.497 e. The third kappa shape index (κ3) is 5.71. The fourth-order valence-electron chi connectivity index (χ4n) is 3.43. The number of hydrogen-bond donors (Lipinski definition) is 2. The second-order valence-electron chi connectivity index (χ2n) is 7.53. The second-order valence-corrected chi connectivity index (χ2v) is 9.29. The van der Waals surface area contributed by atoms with E-state index in [0.29, 0.717) is 22.8 Å². The van der Waals surface area contributed by atoms with Crippen LogP contribution >= 0.6 is 0 Å². The molecule has 2 N–H and O–H groups in total. The number of furan rings is 1. The summed E-state index contributed by atoms with van der Waals surface area (Å²) in [4.78, 5) is 12.9. The highest BCUT2D eigenvalue weighted by atomic mass is 32.2. The Bertz CT molecular complexity index is 1400. The van der Waals surface area contributed by atoms with Gasteiger partial charge in [-0.1, -0.05) is 12.1 Å². The van der Waals surface area contributed by atoms with Gasteiger partial charge in [-0.05, 0) is 72.3 Å². The average Bonchev–Trinajstić information content (AvgIpc) is 3.41. The van der Waals surface area contributed by atoms with Gasteiger partial charge in [0.15, 0.2) is 0 Å². The summed E-state index contributed by atoms with van der Waals surface area (Å²) in [6, 6.07) is 21.9. The second kappa shape index (κ2) is 10.5. The highest BCUT2D eigenvalue weighted by Crippen LogP contribution is 2.33. The lowest BCUT2D eigenvalue weighted by molar-refractivity contribution is 0.102. The minimum absolute atomic E-state index is 0.0333. The number of anilines is 1. The van der Waals surface area contributed by atoms with Crippen LogP contribution in [0.3, 0.4) is 0 Å². The van der Waals surface area contributed by atoms with E-state index in [-0.39, 0.29) is 17.3 Å². The van der Waals surface area contributed by atoms with Crippen LogP contribution in [0.5, 0.6) is 11.5 Å². The molecule has 0 aliphatic rings. The molecule has 0 atom stereocenters. The normalized spacial score (nSPS) is 11.1. The Morgan fingerprint density at radius 3 is 2.29 bits per heavy atom. The molecule has 4 aromatic rings. The summed E-state index contributed by atoms with van der Waals surface area (Å²) in [5, 5.41) is 2.85. The molecule has 3 aromatic carbocycles. The molecule has 35 heavy (non-hydrogen) atoms. The highest BCUT2D eigenvalue weighted by Gasteiger charge is 2.16. The topological polar surface area (TPSA) is 107 Å². The number of ether oxygens (including phenoxy) is 2. The molecule has 0 saturated carbocycles. The standard InChI is InChI=1S/C26H24N2O6S/c1-32-21-10-5-18(6-11-21)24-16-20(9-14-25(24)33-2)28-26(29)19-7-12-23(13-8-19)35(30,31)27-17-22-4-3-15-34-22/h3-16,27H,17H2,1-2H3,(H,28,29). The van der Waals surface area contributed by atoms with Crippen LogP contribution in [0.25, 0.3) is 11.1 Å². The molecule has 0 aliphatic heterocycles. The number of nitrogens with one attached hydrogen (secondary N) is 2. The zero-order valence-electron chi connectivity index (χ0n) is 19.1. The number of hydrogen-bond acceptors (Lipinski definition) is 6. The first-order valence-electron chi connectivity index (χ1n) is 10.7. The fourth-order valence-corrected chi connectivity index (χ4v) is 4.43. The maximum Gasteiger partial charge on any atom is 0.255 e. The van der Waals surface area contributed by atoms with E-state index in [1.54, 1.807) is 38.5 Å². The van der Waals surface area contributed by atoms with Gasteiger partial charge in [-0.25, -0.2) is 13.1 Å². The Hall–Kier alpha value is -4.08. The maximum atomic E-state index is 12.8. The summed E-state index contributed by atoms with van der Waals surface area (Å²) in [6.45, 7) is 0.0333. The van der Waals surface area contributed by atoms with Gasteiger partial charge in [-0.15, -0.1) is 0 Å². The van der Waals surface area contributed by atoms with E-state index >= 15 is 0 Å². The molecule has 0 unspecified atom stereocenters. The first kappa shape index (κ1) is 24.1. The highest BCUT2D eigenvalue weighted by molar-refractivity contribution is 7.89. The molecule has 0 aliphatic carbocycles. The van der Waals surface area contributed by atoms with E-state index in [0.717, 1.165) is 16.9 Å². The van der Waals surface area contributed by atoms with Gasteiger partial charge >= 0.3 is 0 Å². The molecular formula is C26H24N2O6S. The smallest absolute Gasteiger partial charge is 0.255 e. The first-order valence-corrected chi connectivity index (χ1v) is 12.1. The van der Waals surface area contributed by atoms with Crippen molar-refractivity contribution in [3.05, 3.63) is 96.4 Å². The fraction of sp³-hybridized carbons (Fsp3) is 0.115. The van der Waals surface area contributed by atoms with E-state index in [9.17, 15) is 13.2 Å². The zero-order chi connectivity index (χ0) is 24.8. The van der Waals surface area contributed by atoms with E-state index in [4.69, 9.17) is 13.9 Å². The number of carbonyl (C=O) groups is 1. The van der Waals surface area contributed by atoms with Crippen LogP contribution in [0, 0.1) is 0 Å². The van der Waals surface area contributed by atoms with Crippen LogP contribution in [0.2, 0.25) is 0 Å². The van der Waals surface area contributed by atoms with Gasteiger partial charge in [0.05, 0.1) is 31.9 Å². The van der Waals surface area contributed by atoms with Crippen molar-refractivity contribution >= 4 is 21.6 Å². The summed E-state index contributed by atoms with van der Waals surface area (Å²) >= 11 is 0. The molecular weight excluding hydrogens is 468 g/mol. The van der Waals surface area contributed by atoms with Gasteiger partial charge < -0.3 is 19.2 Å². The lowest BCUT2D eigenvalue weighted by Crippen LogP contribution is -2.23. The lowest BCUT2D eigenvalue weighted by Gasteiger charge is -2.13. The molecule has 1 aromatic heterocycles. The Morgan fingerprint density at radius 1 is 0.914 bits per heavy atom. The number of sulfonamides is 1. The Morgan fingerprint density at radius 2 is 1.66 bits per heavy atom. The Balaban J connectivity index is 1.48. The van der Waals surface area contributed by atoms with Crippen molar-refractivity contribution in [2.24, 2.45) is 0 Å². The number of methoxy groups -OCH3 is 2. The van der Waals surface area contributed by atoms with Crippen molar-refractivity contribution in [2.75, 3.05) is 19.5 Å². The molecule has 8 nitrogen and oxygen atoms in total. The van der Waals surface area contributed by atoms with E-state index in [1.807, 2.05) is 30.3 Å². The van der Waals surface area contributed by atoms with Gasteiger partial charge in [-0.3, -0.25) is 4.79 Å². The molecule has 9 heteroatoms. The van der Waals surface area contributed by atoms with Gasteiger partial charge in [0, 0.05) is 16.8 Å². The predicted octanol–water partition coefficient (Wildman–Crippen LogP) is 4.69. The molecule has 0 bridgehead atoms. The summed E-state index contributed by atoms with van der Waals surface area (Å²) in [6.07, 6.45) is 1.47. The van der Waals surface area contributed by atoms with E-state index < -0.39 is 10.0 Å². The average molecular weight is 493 g/mol. The number of benzene rings is 3. The van der Waals surface area contributed by atoms with Crippen molar-refractivity contribution < 1.29 is 27.1 Å². The van der Waals surface area contributed by atoms with Crippen LogP contribution in [-0.4, -0.2) is 28.5 Å². The summed E-state index contributed by atoms with van der Waals surface area (Å²) in [5.41, 5.74) is 2.59. The van der Waals surface area contributed by atoms with E-state index in [2.05, 4.69) is 10.0 Å². The third-order valence-corrected chi connectivity index (χ3v) is 6.72. The first-order chi connectivity index (χ1) is 16.9. The number of amides is 1. The molecule has 0 radical (unpaired) electrons. The summed E-state index contributed by atoms with van der Waals surface area (Å²) in [7, 11) is -0.566. The van der Waals surface area contributed by atoms with E-state index in [1.165, 1.54) is 30.5 Å². The number of carbonyl (C=O) groups excluding carboxylic acids is 1. The van der Waals surface area contributed by atoms with Crippen LogP contribution in [0.1, 0.15) is 16.1 Å². The zero-order valence-corrected chi connectivity index (χ0v) is 20.0. The van der Waals surface area contributed by atoms with Crippen molar-refractivity contribution in [2.45, 2.75) is 11.4 Å². The van der Waals surface area contributed by atoms with Crippen molar-refractivity contribution in [1.82, 2.24) is 4.72 Å². The molecule has 4 rings (SSSR count). The van der Waals surface area contributed by atoms with Gasteiger partial charge in [0.2, 0.25) is 10.0 Å². The lowest BCUT2D eigenvalue weighted by atomic mass is 10.0. The Kier molecular flexibility index (Phi) is 7.19. The van der Waals surface area contributed by atoms with Gasteiger partial charge in [0.1, 0.15) is 17.3 Å². The SMILES string of the molecule is COc1ccc(-c2cc(NC(=O)c3ccc(S(=O)(=O)NCc4ccco4)cc3)ccc2OC)cc1. The molecule has 1 amide bonds.